The standard InChI is InChI=1S/C23H18N4O5S.Na/c24-15-5-7-17(8-6-15)26-27-21-19-4-2-1-3-14(19)13-20(22(21)28)23(29)25-16-9-11-18(12-10-16)33(30,31)32;/h1-13,28H,24H2,(H,25,29)(H,30,31,32);/q;+1/p-1. The van der Waals surface area contributed by atoms with Crippen LogP contribution in [0.2, 0.25) is 0 Å². The van der Waals surface area contributed by atoms with E-state index in [1.807, 2.05) is 0 Å². The molecule has 0 bridgehead atoms. The van der Waals surface area contributed by atoms with Gasteiger partial charge in [-0.1, -0.05) is 24.3 Å². The second-order valence-electron chi connectivity index (χ2n) is 7.07. The van der Waals surface area contributed by atoms with Gasteiger partial charge in [-0.05, 0) is 60.0 Å². The number of hydrogen-bond acceptors (Lipinski definition) is 8. The van der Waals surface area contributed by atoms with Gasteiger partial charge in [0.2, 0.25) is 0 Å². The zero-order chi connectivity index (χ0) is 23.6. The number of aromatic hydroxyl groups is 1. The van der Waals surface area contributed by atoms with Crippen LogP contribution in [0.15, 0.2) is 94.0 Å². The van der Waals surface area contributed by atoms with Gasteiger partial charge in [-0.15, -0.1) is 5.11 Å². The van der Waals surface area contributed by atoms with Crippen LogP contribution in [-0.4, -0.2) is 24.0 Å². The molecule has 0 fully saturated rings. The number of phenolic OH excluding ortho intramolecular Hbond substituents is 1. The predicted molar refractivity (Wildman–Crippen MR) is 123 cm³/mol. The number of carbonyl (C=O) groups is 1. The number of anilines is 2. The molecule has 34 heavy (non-hydrogen) atoms. The molecule has 0 aliphatic rings. The number of phenols is 1. The first-order valence-electron chi connectivity index (χ1n) is 9.62. The number of carbonyl (C=O) groups excluding carboxylic acids is 1. The van der Waals surface area contributed by atoms with Crippen LogP contribution < -0.4 is 40.6 Å². The normalized spacial score (nSPS) is 11.3. The van der Waals surface area contributed by atoms with E-state index in [0.717, 1.165) is 12.1 Å². The van der Waals surface area contributed by atoms with Crippen LogP contribution in [0, 0.1) is 0 Å². The van der Waals surface area contributed by atoms with Gasteiger partial charge in [0.1, 0.15) is 15.8 Å². The largest absolute Gasteiger partial charge is 1.00 e. The van der Waals surface area contributed by atoms with Crippen molar-refractivity contribution in [2.45, 2.75) is 4.90 Å². The molecule has 166 valence electrons. The molecule has 1 amide bonds. The molecular formula is C23H17N4NaO5S. The van der Waals surface area contributed by atoms with Gasteiger partial charge in [0.15, 0.2) is 5.75 Å². The summed E-state index contributed by atoms with van der Waals surface area (Å²) in [6.45, 7) is 0. The van der Waals surface area contributed by atoms with Gasteiger partial charge in [0.05, 0.1) is 16.1 Å². The summed E-state index contributed by atoms with van der Waals surface area (Å²) in [4.78, 5) is 12.5. The summed E-state index contributed by atoms with van der Waals surface area (Å²) in [6, 6.07) is 20.0. The molecule has 0 atom stereocenters. The maximum absolute atomic E-state index is 12.9. The van der Waals surface area contributed by atoms with Crippen molar-refractivity contribution in [1.82, 2.24) is 0 Å². The Morgan fingerprint density at radius 1 is 0.941 bits per heavy atom. The third-order valence-electron chi connectivity index (χ3n) is 4.80. The molecule has 9 nitrogen and oxygen atoms in total. The Morgan fingerprint density at radius 3 is 2.24 bits per heavy atom. The van der Waals surface area contributed by atoms with Gasteiger partial charge in [0.25, 0.3) is 5.91 Å². The van der Waals surface area contributed by atoms with E-state index in [1.54, 1.807) is 48.5 Å². The molecule has 0 aromatic heterocycles. The summed E-state index contributed by atoms with van der Waals surface area (Å²) >= 11 is 0. The molecule has 0 saturated heterocycles. The molecule has 4 aromatic rings. The Balaban J connectivity index is 0.00000324. The maximum atomic E-state index is 12.9. The third-order valence-corrected chi connectivity index (χ3v) is 5.65. The summed E-state index contributed by atoms with van der Waals surface area (Å²) < 4.78 is 33.2. The van der Waals surface area contributed by atoms with Crippen molar-refractivity contribution in [1.29, 1.82) is 0 Å². The van der Waals surface area contributed by atoms with Crippen LogP contribution in [-0.2, 0) is 10.1 Å². The zero-order valence-corrected chi connectivity index (χ0v) is 20.8. The molecule has 4 rings (SSSR count). The molecule has 0 saturated carbocycles. The molecule has 0 radical (unpaired) electrons. The van der Waals surface area contributed by atoms with E-state index in [9.17, 15) is 22.9 Å². The minimum Gasteiger partial charge on any atom is -0.744 e. The van der Waals surface area contributed by atoms with Gasteiger partial charge in [-0.25, -0.2) is 8.42 Å². The third kappa shape index (κ3) is 5.61. The summed E-state index contributed by atoms with van der Waals surface area (Å²) in [5, 5.41) is 23.0. The van der Waals surface area contributed by atoms with E-state index in [1.165, 1.54) is 18.2 Å². The van der Waals surface area contributed by atoms with Gasteiger partial charge in [-0.2, -0.15) is 5.11 Å². The van der Waals surface area contributed by atoms with E-state index in [2.05, 4.69) is 15.5 Å². The van der Waals surface area contributed by atoms with E-state index >= 15 is 0 Å². The monoisotopic (exact) mass is 484 g/mol. The van der Waals surface area contributed by atoms with Crippen molar-refractivity contribution < 1.29 is 52.4 Å². The van der Waals surface area contributed by atoms with Crippen molar-refractivity contribution >= 4 is 49.5 Å². The Morgan fingerprint density at radius 2 is 1.59 bits per heavy atom. The second-order valence-corrected chi connectivity index (χ2v) is 8.45. The quantitative estimate of drug-likeness (QED) is 0.169. The fraction of sp³-hybridized carbons (Fsp3) is 0. The van der Waals surface area contributed by atoms with Crippen LogP contribution >= 0.6 is 0 Å². The average molecular weight is 484 g/mol. The smallest absolute Gasteiger partial charge is 0.744 e. The summed E-state index contributed by atoms with van der Waals surface area (Å²) in [7, 11) is -4.60. The fourth-order valence-electron chi connectivity index (χ4n) is 3.14. The molecule has 0 heterocycles. The van der Waals surface area contributed by atoms with Crippen LogP contribution in [0.1, 0.15) is 10.4 Å². The summed E-state index contributed by atoms with van der Waals surface area (Å²) in [5.74, 6) is -1.02. The average Bonchev–Trinajstić information content (AvgIpc) is 2.79. The predicted octanol–water partition coefficient (Wildman–Crippen LogP) is 1.70. The summed E-state index contributed by atoms with van der Waals surface area (Å²) in [6.07, 6.45) is 0. The van der Waals surface area contributed by atoms with Crippen LogP contribution in [0.4, 0.5) is 22.7 Å². The molecule has 0 aliphatic carbocycles. The first kappa shape index (κ1) is 25.3. The number of fused-ring (bicyclic) bond motifs is 1. The zero-order valence-electron chi connectivity index (χ0n) is 18.0. The number of rotatable bonds is 5. The van der Waals surface area contributed by atoms with Crippen molar-refractivity contribution in [3.63, 3.8) is 0 Å². The Labute approximate surface area is 217 Å². The van der Waals surface area contributed by atoms with Crippen LogP contribution in [0.25, 0.3) is 10.8 Å². The number of nitrogens with two attached hydrogens (primary N) is 1. The number of amides is 1. The Hall–Kier alpha value is -3.28. The molecule has 0 spiro atoms. The molecule has 4 aromatic carbocycles. The molecule has 11 heteroatoms. The minimum absolute atomic E-state index is 0. The van der Waals surface area contributed by atoms with Gasteiger partial charge in [-0.3, -0.25) is 4.79 Å². The van der Waals surface area contributed by atoms with E-state index in [-0.39, 0.29) is 52.2 Å². The Kier molecular flexibility index (Phi) is 7.70. The minimum atomic E-state index is -4.60. The first-order valence-corrected chi connectivity index (χ1v) is 11.0. The summed E-state index contributed by atoms with van der Waals surface area (Å²) in [5.41, 5.74) is 7.06. The van der Waals surface area contributed by atoms with Crippen LogP contribution in [0.5, 0.6) is 5.75 Å². The number of azo groups is 1. The molecule has 0 unspecified atom stereocenters. The maximum Gasteiger partial charge on any atom is 1.00 e. The number of nitrogens with one attached hydrogen (secondary N) is 1. The van der Waals surface area contributed by atoms with Crippen molar-refractivity contribution in [3.8, 4) is 5.75 Å². The topological polar surface area (TPSA) is 157 Å². The molecule has 0 aliphatic heterocycles. The first-order chi connectivity index (χ1) is 15.7. The fourth-order valence-corrected chi connectivity index (χ4v) is 3.61. The van der Waals surface area contributed by atoms with Gasteiger partial charge in [0, 0.05) is 16.8 Å². The Bertz CT molecular complexity index is 1490. The van der Waals surface area contributed by atoms with Crippen LogP contribution in [0.3, 0.4) is 0 Å². The molecular weight excluding hydrogens is 467 g/mol. The van der Waals surface area contributed by atoms with Gasteiger partial charge < -0.3 is 20.7 Å². The number of nitrogens with zero attached hydrogens (tertiary/aromatic N) is 2. The van der Waals surface area contributed by atoms with Gasteiger partial charge >= 0.3 is 29.6 Å². The van der Waals surface area contributed by atoms with Crippen molar-refractivity contribution in [3.05, 3.63) is 84.4 Å². The van der Waals surface area contributed by atoms with E-state index in [4.69, 9.17) is 5.73 Å². The van der Waals surface area contributed by atoms with Crippen molar-refractivity contribution in [2.75, 3.05) is 11.1 Å². The number of benzene rings is 4. The van der Waals surface area contributed by atoms with Crippen molar-refractivity contribution in [2.24, 2.45) is 10.2 Å². The number of nitrogen functional groups attached to an aromatic ring is 1. The molecule has 4 N–H and O–H groups in total. The number of hydrogen-bond donors (Lipinski definition) is 3. The van der Waals surface area contributed by atoms with E-state index < -0.39 is 20.9 Å². The SMILES string of the molecule is Nc1ccc(N=Nc2c(O)c(C(=O)Nc3ccc(S(=O)(=O)[O-])cc3)cc3ccccc23)cc1.[Na+]. The van der Waals surface area contributed by atoms with E-state index in [0.29, 0.717) is 22.1 Å². The second kappa shape index (κ2) is 10.3.